The lowest BCUT2D eigenvalue weighted by Gasteiger charge is -2.18. The Morgan fingerprint density at radius 3 is 2.58 bits per heavy atom. The van der Waals surface area contributed by atoms with E-state index in [-0.39, 0.29) is 5.97 Å². The van der Waals surface area contributed by atoms with Gasteiger partial charge in [0.1, 0.15) is 10.5 Å². The topological polar surface area (TPSA) is 39.2 Å². The summed E-state index contributed by atoms with van der Waals surface area (Å²) in [5, 5.41) is 0. The summed E-state index contributed by atoms with van der Waals surface area (Å²) in [4.78, 5) is 12.5. The molecule has 0 radical (unpaired) electrons. The molecule has 0 atom stereocenters. The van der Waals surface area contributed by atoms with Crippen LogP contribution in [0.4, 0.5) is 0 Å². The van der Waals surface area contributed by atoms with Gasteiger partial charge in [-0.3, -0.25) is 0 Å². The van der Waals surface area contributed by atoms with Crippen LogP contribution in [0.5, 0.6) is 0 Å². The first kappa shape index (κ1) is 13.7. The van der Waals surface area contributed by atoms with Gasteiger partial charge >= 0.3 is 5.97 Å². The van der Waals surface area contributed by atoms with Gasteiger partial charge in [0.05, 0.1) is 5.69 Å². The minimum absolute atomic E-state index is 0.315. The van der Waals surface area contributed by atoms with Crippen LogP contribution in [0.25, 0.3) is 11.3 Å². The average Bonchev–Trinajstić information content (AvgIpc) is 2.76. The zero-order chi connectivity index (χ0) is 14.0. The van der Waals surface area contributed by atoms with E-state index in [1.165, 1.54) is 11.5 Å². The number of esters is 1. The quantitative estimate of drug-likeness (QED) is 0.775. The summed E-state index contributed by atoms with van der Waals surface area (Å²) in [6.07, 6.45) is 0. The van der Waals surface area contributed by atoms with Crippen molar-refractivity contribution in [3.63, 3.8) is 0 Å². The largest absolute Gasteiger partial charge is 0.456 e. The van der Waals surface area contributed by atoms with Crippen LogP contribution in [0.2, 0.25) is 0 Å². The second-order valence-corrected chi connectivity index (χ2v) is 6.20. The number of carbonyl (C=O) groups excluding carboxylic acids is 1. The molecule has 0 spiro atoms. The fourth-order valence-corrected chi connectivity index (χ4v) is 2.32. The maximum Gasteiger partial charge on any atom is 0.350 e. The van der Waals surface area contributed by atoms with E-state index in [1.54, 1.807) is 6.07 Å². The maximum absolute atomic E-state index is 11.9. The third kappa shape index (κ3) is 3.41. The Balaban J connectivity index is 2.25. The van der Waals surface area contributed by atoms with Crippen molar-refractivity contribution in [3.8, 4) is 11.3 Å². The van der Waals surface area contributed by atoms with E-state index in [1.807, 2.05) is 52.0 Å². The number of carbonyl (C=O) groups is 1. The first-order chi connectivity index (χ1) is 8.87. The molecule has 0 bridgehead atoms. The highest BCUT2D eigenvalue weighted by Crippen LogP contribution is 2.26. The van der Waals surface area contributed by atoms with Gasteiger partial charge < -0.3 is 4.74 Å². The summed E-state index contributed by atoms with van der Waals surface area (Å²) in [6, 6.07) is 9.78. The Morgan fingerprint density at radius 1 is 1.26 bits per heavy atom. The lowest BCUT2D eigenvalue weighted by Crippen LogP contribution is -2.23. The van der Waals surface area contributed by atoms with E-state index in [0.717, 1.165) is 16.8 Å². The zero-order valence-corrected chi connectivity index (χ0v) is 12.4. The molecule has 2 rings (SSSR count). The van der Waals surface area contributed by atoms with E-state index < -0.39 is 5.60 Å². The molecular weight excluding hydrogens is 258 g/mol. The van der Waals surface area contributed by atoms with E-state index in [9.17, 15) is 4.79 Å². The van der Waals surface area contributed by atoms with Crippen molar-refractivity contribution in [1.82, 2.24) is 4.37 Å². The van der Waals surface area contributed by atoms with E-state index in [4.69, 9.17) is 4.74 Å². The summed E-state index contributed by atoms with van der Waals surface area (Å²) in [5.41, 5.74) is 2.53. The van der Waals surface area contributed by atoms with Crippen LogP contribution in [0.3, 0.4) is 0 Å². The van der Waals surface area contributed by atoms with Crippen molar-refractivity contribution >= 4 is 17.5 Å². The molecule has 0 aliphatic carbocycles. The van der Waals surface area contributed by atoms with Crippen molar-refractivity contribution < 1.29 is 9.53 Å². The van der Waals surface area contributed by atoms with Crippen LogP contribution in [0.15, 0.2) is 30.3 Å². The van der Waals surface area contributed by atoms with Crippen LogP contribution >= 0.6 is 11.5 Å². The van der Waals surface area contributed by atoms with Gasteiger partial charge in [0.15, 0.2) is 0 Å². The van der Waals surface area contributed by atoms with Crippen molar-refractivity contribution in [2.75, 3.05) is 0 Å². The number of hydrogen-bond acceptors (Lipinski definition) is 4. The lowest BCUT2D eigenvalue weighted by molar-refractivity contribution is 0.00753. The Kier molecular flexibility index (Phi) is 3.71. The number of aryl methyl sites for hydroxylation is 1. The standard InChI is InChI=1S/C15H17NO2S/c1-10-7-5-6-8-11(10)12-9-13(19-16-12)14(17)18-15(2,3)4/h5-9H,1-4H3. The predicted octanol–water partition coefficient (Wildman–Crippen LogP) is 4.07. The minimum atomic E-state index is -0.482. The molecule has 1 aromatic carbocycles. The fraction of sp³-hybridized carbons (Fsp3) is 0.333. The van der Waals surface area contributed by atoms with Crippen molar-refractivity contribution in [1.29, 1.82) is 0 Å². The molecule has 100 valence electrons. The maximum atomic E-state index is 11.9. The van der Waals surface area contributed by atoms with E-state index >= 15 is 0 Å². The number of hydrogen-bond donors (Lipinski definition) is 0. The second kappa shape index (κ2) is 5.13. The smallest absolute Gasteiger partial charge is 0.350 e. The van der Waals surface area contributed by atoms with E-state index in [2.05, 4.69) is 4.37 Å². The molecule has 0 unspecified atom stereocenters. The highest BCUT2D eigenvalue weighted by Gasteiger charge is 2.20. The van der Waals surface area contributed by atoms with Gasteiger partial charge in [-0.2, -0.15) is 4.37 Å². The van der Waals surface area contributed by atoms with Gasteiger partial charge in [-0.1, -0.05) is 24.3 Å². The van der Waals surface area contributed by atoms with Crippen LogP contribution in [-0.4, -0.2) is 15.9 Å². The van der Waals surface area contributed by atoms with Crippen LogP contribution in [0, 0.1) is 6.92 Å². The van der Waals surface area contributed by atoms with Gasteiger partial charge in [-0.05, 0) is 50.9 Å². The lowest BCUT2D eigenvalue weighted by atomic mass is 10.1. The molecule has 0 aliphatic heterocycles. The number of benzene rings is 1. The third-order valence-electron chi connectivity index (χ3n) is 2.53. The van der Waals surface area contributed by atoms with Crippen molar-refractivity contribution in [2.45, 2.75) is 33.3 Å². The molecule has 0 amide bonds. The Morgan fingerprint density at radius 2 is 1.95 bits per heavy atom. The molecule has 2 aromatic rings. The highest BCUT2D eigenvalue weighted by molar-refractivity contribution is 7.08. The summed E-state index contributed by atoms with van der Waals surface area (Å²) in [7, 11) is 0. The Labute approximate surface area is 117 Å². The van der Waals surface area contributed by atoms with Crippen LogP contribution in [0.1, 0.15) is 36.0 Å². The predicted molar refractivity (Wildman–Crippen MR) is 77.5 cm³/mol. The molecule has 0 N–H and O–H groups in total. The minimum Gasteiger partial charge on any atom is -0.456 e. The molecule has 0 saturated heterocycles. The number of rotatable bonds is 2. The molecular formula is C15H17NO2S. The van der Waals surface area contributed by atoms with Crippen molar-refractivity contribution in [2.24, 2.45) is 0 Å². The van der Waals surface area contributed by atoms with Gasteiger partial charge in [0.25, 0.3) is 0 Å². The van der Waals surface area contributed by atoms with Crippen LogP contribution < -0.4 is 0 Å². The zero-order valence-electron chi connectivity index (χ0n) is 11.6. The molecule has 19 heavy (non-hydrogen) atoms. The van der Waals surface area contributed by atoms with Gasteiger partial charge in [0.2, 0.25) is 0 Å². The number of ether oxygens (including phenoxy) is 1. The fourth-order valence-electron chi connectivity index (χ4n) is 1.69. The normalized spacial score (nSPS) is 11.4. The average molecular weight is 275 g/mol. The molecule has 0 fully saturated rings. The molecule has 1 aromatic heterocycles. The molecule has 1 heterocycles. The number of aromatic nitrogens is 1. The van der Waals surface area contributed by atoms with Crippen molar-refractivity contribution in [3.05, 3.63) is 40.8 Å². The Hall–Kier alpha value is -1.68. The molecule has 3 nitrogen and oxygen atoms in total. The first-order valence-corrected chi connectivity index (χ1v) is 6.90. The summed E-state index contributed by atoms with van der Waals surface area (Å²) >= 11 is 1.18. The Bertz CT molecular complexity index is 596. The molecule has 0 aliphatic rings. The van der Waals surface area contributed by atoms with Gasteiger partial charge in [-0.25, -0.2) is 4.79 Å². The first-order valence-electron chi connectivity index (χ1n) is 6.13. The second-order valence-electron chi connectivity index (χ2n) is 5.39. The summed E-state index contributed by atoms with van der Waals surface area (Å²) in [6.45, 7) is 7.60. The van der Waals surface area contributed by atoms with Crippen LogP contribution in [-0.2, 0) is 4.74 Å². The monoisotopic (exact) mass is 275 g/mol. The van der Waals surface area contributed by atoms with Gasteiger partial charge in [-0.15, -0.1) is 0 Å². The summed E-state index contributed by atoms with van der Waals surface area (Å²) < 4.78 is 9.67. The highest BCUT2D eigenvalue weighted by atomic mass is 32.1. The van der Waals surface area contributed by atoms with Gasteiger partial charge in [0, 0.05) is 5.56 Å². The number of nitrogens with zero attached hydrogens (tertiary/aromatic N) is 1. The SMILES string of the molecule is Cc1ccccc1-c1cc(C(=O)OC(C)(C)C)sn1. The molecule has 0 saturated carbocycles. The van der Waals surface area contributed by atoms with E-state index in [0.29, 0.717) is 4.88 Å². The summed E-state index contributed by atoms with van der Waals surface area (Å²) in [5.74, 6) is -0.315. The molecule has 4 heteroatoms. The third-order valence-corrected chi connectivity index (χ3v) is 3.30.